The first-order valence-electron chi connectivity index (χ1n) is 3.74. The third-order valence-electron chi connectivity index (χ3n) is 1.51. The fourth-order valence-electron chi connectivity index (χ4n) is 0.960. The van der Waals surface area contributed by atoms with Crippen molar-refractivity contribution in [1.29, 1.82) is 0 Å². The third-order valence-corrected chi connectivity index (χ3v) is 1.51. The van der Waals surface area contributed by atoms with Crippen LogP contribution in [0.4, 0.5) is 0 Å². The lowest BCUT2D eigenvalue weighted by molar-refractivity contribution is -0.172. The molecule has 3 unspecified atom stereocenters. The van der Waals surface area contributed by atoms with Gasteiger partial charge in [0.25, 0.3) is 0 Å². The molecule has 2 N–H and O–H groups in total. The fraction of sp³-hybridized carbons (Fsp3) is 1.00. The summed E-state index contributed by atoms with van der Waals surface area (Å²) in [5.41, 5.74) is 0. The van der Waals surface area contributed by atoms with Gasteiger partial charge in [-0.2, -0.15) is 0 Å². The summed E-state index contributed by atoms with van der Waals surface area (Å²) in [7, 11) is 0. The molecule has 1 heterocycles. The van der Waals surface area contributed by atoms with Crippen molar-refractivity contribution in [2.24, 2.45) is 0 Å². The Morgan fingerprint density at radius 1 is 1.45 bits per heavy atom. The summed E-state index contributed by atoms with van der Waals surface area (Å²) in [6, 6.07) is 0. The van der Waals surface area contributed by atoms with Crippen LogP contribution in [0.1, 0.15) is 13.8 Å². The van der Waals surface area contributed by atoms with Gasteiger partial charge >= 0.3 is 0 Å². The van der Waals surface area contributed by atoms with Crippen molar-refractivity contribution in [2.45, 2.75) is 38.4 Å². The molecule has 0 saturated carbocycles. The Morgan fingerprint density at radius 3 is 2.45 bits per heavy atom. The van der Waals surface area contributed by atoms with E-state index in [1.807, 2.05) is 13.8 Å². The second kappa shape index (κ2) is 3.49. The first kappa shape index (κ1) is 8.93. The minimum absolute atomic E-state index is 0.0000463. The molecular formula is C7H14O4. The van der Waals surface area contributed by atoms with Crippen LogP contribution < -0.4 is 0 Å². The van der Waals surface area contributed by atoms with Crippen molar-refractivity contribution in [2.75, 3.05) is 6.61 Å². The second-order valence-electron chi connectivity index (χ2n) is 2.94. The second-order valence-corrected chi connectivity index (χ2v) is 2.94. The highest BCUT2D eigenvalue weighted by molar-refractivity contribution is 4.77. The highest BCUT2D eigenvalue weighted by Gasteiger charge is 2.35. The molecule has 1 fully saturated rings. The first-order valence-corrected chi connectivity index (χ1v) is 3.74. The molecule has 11 heavy (non-hydrogen) atoms. The monoisotopic (exact) mass is 162 g/mol. The van der Waals surface area contributed by atoms with Crippen LogP contribution in [-0.2, 0) is 9.47 Å². The zero-order valence-corrected chi connectivity index (χ0v) is 6.73. The van der Waals surface area contributed by atoms with Crippen molar-refractivity contribution in [3.63, 3.8) is 0 Å². The maximum absolute atomic E-state index is 9.21. The zero-order valence-electron chi connectivity index (χ0n) is 6.73. The van der Waals surface area contributed by atoms with Gasteiger partial charge in [-0.15, -0.1) is 0 Å². The molecule has 0 aliphatic carbocycles. The number of ether oxygens (including phenoxy) is 2. The Balaban J connectivity index is 2.36. The SMILES string of the molecule is CC(C)OC1OCC(O)C1O. The van der Waals surface area contributed by atoms with Crippen molar-refractivity contribution in [3.8, 4) is 0 Å². The summed E-state index contributed by atoms with van der Waals surface area (Å²) >= 11 is 0. The maximum atomic E-state index is 9.21. The largest absolute Gasteiger partial charge is 0.388 e. The summed E-state index contributed by atoms with van der Waals surface area (Å²) in [5, 5.41) is 18.2. The van der Waals surface area contributed by atoms with E-state index in [1.165, 1.54) is 0 Å². The summed E-state index contributed by atoms with van der Waals surface area (Å²) < 4.78 is 10.1. The van der Waals surface area contributed by atoms with Crippen LogP contribution in [0.5, 0.6) is 0 Å². The molecule has 66 valence electrons. The Bertz CT molecular complexity index is 126. The van der Waals surface area contributed by atoms with Gasteiger partial charge in [-0.05, 0) is 13.8 Å². The lowest BCUT2D eigenvalue weighted by atomic mass is 10.2. The third kappa shape index (κ3) is 2.13. The summed E-state index contributed by atoms with van der Waals surface area (Å²) in [6.07, 6.45) is -2.37. The number of hydrogen-bond donors (Lipinski definition) is 2. The number of aliphatic hydroxyl groups is 2. The van der Waals surface area contributed by atoms with Crippen LogP contribution in [0.3, 0.4) is 0 Å². The van der Waals surface area contributed by atoms with Crippen LogP contribution in [0.15, 0.2) is 0 Å². The quantitative estimate of drug-likeness (QED) is 0.574. The van der Waals surface area contributed by atoms with Gasteiger partial charge in [0.2, 0.25) is 0 Å². The molecule has 0 spiro atoms. The lowest BCUT2D eigenvalue weighted by Crippen LogP contribution is -2.33. The van der Waals surface area contributed by atoms with E-state index in [4.69, 9.17) is 14.6 Å². The molecular weight excluding hydrogens is 148 g/mol. The van der Waals surface area contributed by atoms with Gasteiger partial charge in [-0.25, -0.2) is 0 Å². The molecule has 0 aromatic carbocycles. The molecule has 1 aliphatic rings. The molecule has 1 saturated heterocycles. The van der Waals surface area contributed by atoms with Gasteiger partial charge in [-0.3, -0.25) is 0 Å². The van der Waals surface area contributed by atoms with E-state index in [9.17, 15) is 5.11 Å². The average Bonchev–Trinajstić information content (AvgIpc) is 2.18. The summed E-state index contributed by atoms with van der Waals surface area (Å²) in [5.74, 6) is 0. The van der Waals surface area contributed by atoms with Gasteiger partial charge in [0, 0.05) is 0 Å². The summed E-state index contributed by atoms with van der Waals surface area (Å²) in [6.45, 7) is 3.85. The molecule has 4 heteroatoms. The van der Waals surface area contributed by atoms with Crippen molar-refractivity contribution >= 4 is 0 Å². The average molecular weight is 162 g/mol. The predicted molar refractivity (Wildman–Crippen MR) is 38.0 cm³/mol. The molecule has 0 aromatic heterocycles. The topological polar surface area (TPSA) is 58.9 Å². The fourth-order valence-corrected chi connectivity index (χ4v) is 0.960. The van der Waals surface area contributed by atoms with E-state index in [0.29, 0.717) is 0 Å². The first-order chi connectivity index (χ1) is 5.11. The minimum atomic E-state index is -0.905. The molecule has 0 amide bonds. The number of hydrogen-bond acceptors (Lipinski definition) is 4. The standard InChI is InChI=1S/C7H14O4/c1-4(2)11-7-6(9)5(8)3-10-7/h4-9H,3H2,1-2H3. The molecule has 0 radical (unpaired) electrons. The normalized spacial score (nSPS) is 38.5. The molecule has 0 aromatic rings. The lowest BCUT2D eigenvalue weighted by Gasteiger charge is -2.17. The smallest absolute Gasteiger partial charge is 0.186 e. The number of aliphatic hydroxyl groups excluding tert-OH is 2. The van der Waals surface area contributed by atoms with Crippen molar-refractivity contribution in [1.82, 2.24) is 0 Å². The van der Waals surface area contributed by atoms with Gasteiger partial charge < -0.3 is 19.7 Å². The van der Waals surface area contributed by atoms with Crippen molar-refractivity contribution in [3.05, 3.63) is 0 Å². The van der Waals surface area contributed by atoms with Crippen LogP contribution in [0.2, 0.25) is 0 Å². The van der Waals surface area contributed by atoms with E-state index in [-0.39, 0.29) is 12.7 Å². The minimum Gasteiger partial charge on any atom is -0.388 e. The van der Waals surface area contributed by atoms with Crippen LogP contribution in [0, 0.1) is 0 Å². The van der Waals surface area contributed by atoms with Gasteiger partial charge in [-0.1, -0.05) is 0 Å². The maximum Gasteiger partial charge on any atom is 0.186 e. The van der Waals surface area contributed by atoms with Gasteiger partial charge in [0.15, 0.2) is 6.29 Å². The molecule has 1 rings (SSSR count). The van der Waals surface area contributed by atoms with E-state index in [1.54, 1.807) is 0 Å². The molecule has 3 atom stereocenters. The molecule has 1 aliphatic heterocycles. The van der Waals surface area contributed by atoms with Gasteiger partial charge in [0.1, 0.15) is 12.2 Å². The Kier molecular flexibility index (Phi) is 2.84. The van der Waals surface area contributed by atoms with E-state index >= 15 is 0 Å². The Hall–Kier alpha value is -0.160. The van der Waals surface area contributed by atoms with Crippen LogP contribution in [0.25, 0.3) is 0 Å². The highest BCUT2D eigenvalue weighted by atomic mass is 16.7. The summed E-state index contributed by atoms with van der Waals surface area (Å²) in [4.78, 5) is 0. The Labute approximate surface area is 65.7 Å². The Morgan fingerprint density at radius 2 is 2.09 bits per heavy atom. The van der Waals surface area contributed by atoms with Crippen LogP contribution >= 0.6 is 0 Å². The van der Waals surface area contributed by atoms with Crippen LogP contribution in [-0.4, -0.2) is 41.4 Å². The van der Waals surface area contributed by atoms with E-state index in [0.717, 1.165) is 0 Å². The predicted octanol–water partition coefficient (Wildman–Crippen LogP) is -0.510. The highest BCUT2D eigenvalue weighted by Crippen LogP contribution is 2.16. The van der Waals surface area contributed by atoms with E-state index < -0.39 is 18.5 Å². The van der Waals surface area contributed by atoms with Crippen molar-refractivity contribution < 1.29 is 19.7 Å². The van der Waals surface area contributed by atoms with E-state index in [2.05, 4.69) is 0 Å². The zero-order chi connectivity index (χ0) is 8.43. The molecule has 0 bridgehead atoms. The molecule has 4 nitrogen and oxygen atoms in total. The number of rotatable bonds is 2. The van der Waals surface area contributed by atoms with Gasteiger partial charge in [0.05, 0.1) is 12.7 Å².